The quantitative estimate of drug-likeness (QED) is 0.831. The summed E-state index contributed by atoms with van der Waals surface area (Å²) in [5.41, 5.74) is 12.6. The molecule has 4 nitrogen and oxygen atoms in total. The van der Waals surface area contributed by atoms with Crippen molar-refractivity contribution in [2.45, 2.75) is 13.1 Å². The van der Waals surface area contributed by atoms with Gasteiger partial charge in [-0.05, 0) is 5.56 Å². The van der Waals surface area contributed by atoms with Gasteiger partial charge in [0.05, 0.1) is 0 Å². The first-order valence-corrected chi connectivity index (χ1v) is 6.76. The zero-order valence-corrected chi connectivity index (χ0v) is 11.1. The third kappa shape index (κ3) is 3.80. The van der Waals surface area contributed by atoms with Crippen molar-refractivity contribution in [3.8, 4) is 0 Å². The number of benzene rings is 1. The highest BCUT2D eigenvalue weighted by atomic mass is 32.1. The molecule has 0 fully saturated rings. The zero-order chi connectivity index (χ0) is 12.8. The van der Waals surface area contributed by atoms with E-state index in [0.29, 0.717) is 11.7 Å². The van der Waals surface area contributed by atoms with Crippen molar-refractivity contribution >= 4 is 16.5 Å². The van der Waals surface area contributed by atoms with Crippen molar-refractivity contribution in [1.82, 2.24) is 9.88 Å². The Balaban J connectivity index is 1.99. The normalized spacial score (nSPS) is 11.0. The maximum atomic E-state index is 5.66. The molecule has 0 saturated carbocycles. The van der Waals surface area contributed by atoms with Gasteiger partial charge in [0.15, 0.2) is 5.13 Å². The summed E-state index contributed by atoms with van der Waals surface area (Å²) < 4.78 is 0. The van der Waals surface area contributed by atoms with Crippen LogP contribution in [-0.4, -0.2) is 23.0 Å². The SMILES string of the molecule is NCCN(Cc1ccccc1)Cc1cnc(N)s1. The molecule has 1 aromatic heterocycles. The molecule has 0 atom stereocenters. The van der Waals surface area contributed by atoms with Crippen LogP contribution in [-0.2, 0) is 13.1 Å². The number of rotatable bonds is 6. The summed E-state index contributed by atoms with van der Waals surface area (Å²) in [6.07, 6.45) is 1.84. The summed E-state index contributed by atoms with van der Waals surface area (Å²) in [5.74, 6) is 0. The molecule has 0 bridgehead atoms. The Bertz CT molecular complexity index is 469. The molecule has 2 aromatic rings. The predicted molar refractivity (Wildman–Crippen MR) is 76.1 cm³/mol. The lowest BCUT2D eigenvalue weighted by atomic mass is 10.2. The van der Waals surface area contributed by atoms with Crippen LogP contribution in [0.2, 0.25) is 0 Å². The lowest BCUT2D eigenvalue weighted by Gasteiger charge is -2.20. The number of nitrogens with two attached hydrogens (primary N) is 2. The molecule has 0 aliphatic heterocycles. The Morgan fingerprint density at radius 1 is 1.17 bits per heavy atom. The Kier molecular flexibility index (Phi) is 4.69. The smallest absolute Gasteiger partial charge is 0.180 e. The van der Waals surface area contributed by atoms with E-state index in [1.165, 1.54) is 21.8 Å². The van der Waals surface area contributed by atoms with Gasteiger partial charge in [0.25, 0.3) is 0 Å². The maximum Gasteiger partial charge on any atom is 0.180 e. The van der Waals surface area contributed by atoms with Crippen molar-refractivity contribution < 1.29 is 0 Å². The summed E-state index contributed by atoms with van der Waals surface area (Å²) in [5, 5.41) is 0.623. The van der Waals surface area contributed by atoms with Crippen LogP contribution in [0, 0.1) is 0 Å². The van der Waals surface area contributed by atoms with Crippen LogP contribution in [0.1, 0.15) is 10.4 Å². The number of hydrogen-bond acceptors (Lipinski definition) is 5. The van der Waals surface area contributed by atoms with Crippen LogP contribution in [0.25, 0.3) is 0 Å². The summed E-state index contributed by atoms with van der Waals surface area (Å²) in [6.45, 7) is 3.27. The van der Waals surface area contributed by atoms with Crippen molar-refractivity contribution in [3.63, 3.8) is 0 Å². The first-order valence-electron chi connectivity index (χ1n) is 5.94. The fraction of sp³-hybridized carbons (Fsp3) is 0.308. The van der Waals surface area contributed by atoms with E-state index in [1.54, 1.807) is 0 Å². The minimum absolute atomic E-state index is 0.623. The molecule has 0 radical (unpaired) electrons. The third-order valence-corrected chi connectivity index (χ3v) is 3.46. The molecular formula is C13H18N4S. The second kappa shape index (κ2) is 6.49. The highest BCUT2D eigenvalue weighted by Gasteiger charge is 2.08. The average Bonchev–Trinajstić information content (AvgIpc) is 2.76. The number of anilines is 1. The summed E-state index contributed by atoms with van der Waals surface area (Å²) >= 11 is 1.54. The molecule has 4 N–H and O–H groups in total. The van der Waals surface area contributed by atoms with Crippen LogP contribution >= 0.6 is 11.3 Å². The molecule has 18 heavy (non-hydrogen) atoms. The van der Waals surface area contributed by atoms with E-state index in [4.69, 9.17) is 11.5 Å². The molecular weight excluding hydrogens is 244 g/mol. The van der Waals surface area contributed by atoms with E-state index >= 15 is 0 Å². The van der Waals surface area contributed by atoms with Crippen LogP contribution in [0.15, 0.2) is 36.5 Å². The number of nitrogens with zero attached hydrogens (tertiary/aromatic N) is 2. The van der Waals surface area contributed by atoms with E-state index in [2.05, 4.69) is 34.1 Å². The molecule has 1 aromatic carbocycles. The van der Waals surface area contributed by atoms with Gasteiger partial charge in [-0.1, -0.05) is 30.3 Å². The van der Waals surface area contributed by atoms with Crippen molar-refractivity contribution in [3.05, 3.63) is 47.0 Å². The second-order valence-corrected chi connectivity index (χ2v) is 5.30. The topological polar surface area (TPSA) is 68.2 Å². The van der Waals surface area contributed by atoms with Crippen molar-refractivity contribution in [2.75, 3.05) is 18.8 Å². The highest BCUT2D eigenvalue weighted by Crippen LogP contribution is 2.17. The predicted octanol–water partition coefficient (Wildman–Crippen LogP) is 1.69. The lowest BCUT2D eigenvalue weighted by molar-refractivity contribution is 0.266. The molecule has 0 aliphatic carbocycles. The van der Waals surface area contributed by atoms with Crippen molar-refractivity contribution in [1.29, 1.82) is 0 Å². The number of aromatic nitrogens is 1. The Morgan fingerprint density at radius 3 is 2.56 bits per heavy atom. The van der Waals surface area contributed by atoms with Crippen LogP contribution in [0.3, 0.4) is 0 Å². The number of nitrogen functional groups attached to an aromatic ring is 1. The minimum atomic E-state index is 0.623. The minimum Gasteiger partial charge on any atom is -0.375 e. The molecule has 0 unspecified atom stereocenters. The lowest BCUT2D eigenvalue weighted by Crippen LogP contribution is -2.28. The fourth-order valence-electron chi connectivity index (χ4n) is 1.85. The van der Waals surface area contributed by atoms with Gasteiger partial charge in [-0.2, -0.15) is 0 Å². The summed E-state index contributed by atoms with van der Waals surface area (Å²) in [4.78, 5) is 7.56. The van der Waals surface area contributed by atoms with Gasteiger partial charge in [-0.15, -0.1) is 11.3 Å². The molecule has 1 heterocycles. The van der Waals surface area contributed by atoms with Gasteiger partial charge in [-0.3, -0.25) is 4.90 Å². The van der Waals surface area contributed by atoms with Gasteiger partial charge >= 0.3 is 0 Å². The highest BCUT2D eigenvalue weighted by molar-refractivity contribution is 7.15. The van der Waals surface area contributed by atoms with E-state index in [1.807, 2.05) is 12.3 Å². The molecule has 0 amide bonds. The average molecular weight is 262 g/mol. The van der Waals surface area contributed by atoms with Gasteiger partial charge in [0, 0.05) is 37.3 Å². The van der Waals surface area contributed by atoms with Gasteiger partial charge in [0.1, 0.15) is 0 Å². The number of thiazole rings is 1. The first-order chi connectivity index (χ1) is 8.78. The van der Waals surface area contributed by atoms with E-state index < -0.39 is 0 Å². The summed E-state index contributed by atoms with van der Waals surface area (Å²) in [6, 6.07) is 10.4. The third-order valence-electron chi connectivity index (χ3n) is 2.65. The summed E-state index contributed by atoms with van der Waals surface area (Å²) in [7, 11) is 0. The largest absolute Gasteiger partial charge is 0.375 e. The fourth-order valence-corrected chi connectivity index (χ4v) is 2.58. The van der Waals surface area contributed by atoms with Gasteiger partial charge in [0.2, 0.25) is 0 Å². The van der Waals surface area contributed by atoms with E-state index in [0.717, 1.165) is 19.6 Å². The molecule has 0 aliphatic rings. The number of hydrogen-bond donors (Lipinski definition) is 2. The molecule has 0 saturated heterocycles. The van der Waals surface area contributed by atoms with E-state index in [-0.39, 0.29) is 0 Å². The first kappa shape index (κ1) is 13.0. The Labute approximate surface area is 111 Å². The Morgan fingerprint density at radius 2 is 1.94 bits per heavy atom. The maximum absolute atomic E-state index is 5.66. The van der Waals surface area contributed by atoms with Crippen molar-refractivity contribution in [2.24, 2.45) is 5.73 Å². The molecule has 96 valence electrons. The van der Waals surface area contributed by atoms with E-state index in [9.17, 15) is 0 Å². The molecule has 0 spiro atoms. The van der Waals surface area contributed by atoms with Gasteiger partial charge < -0.3 is 11.5 Å². The van der Waals surface area contributed by atoms with Crippen LogP contribution in [0.4, 0.5) is 5.13 Å². The Hall–Kier alpha value is -1.43. The zero-order valence-electron chi connectivity index (χ0n) is 10.2. The molecule has 2 rings (SSSR count). The molecule has 5 heteroatoms. The van der Waals surface area contributed by atoms with Crippen LogP contribution in [0.5, 0.6) is 0 Å². The van der Waals surface area contributed by atoms with Gasteiger partial charge in [-0.25, -0.2) is 4.98 Å². The monoisotopic (exact) mass is 262 g/mol. The van der Waals surface area contributed by atoms with Crippen LogP contribution < -0.4 is 11.5 Å². The second-order valence-electron chi connectivity index (χ2n) is 4.15. The standard InChI is InChI=1S/C13H18N4S/c14-6-7-17(9-11-4-2-1-3-5-11)10-12-8-16-13(15)18-12/h1-5,8H,6-7,9-10,14H2,(H2,15,16).